The van der Waals surface area contributed by atoms with E-state index in [-0.39, 0.29) is 77.0 Å². The number of hydrogen-bond donors (Lipinski definition) is 7. The number of rotatable bonds is 51. The van der Waals surface area contributed by atoms with Crippen LogP contribution in [0.5, 0.6) is 0 Å². The van der Waals surface area contributed by atoms with Gasteiger partial charge in [0.25, 0.3) is 0 Å². The quantitative estimate of drug-likeness (QED) is 0.0129. The Balaban J connectivity index is 1.48. The van der Waals surface area contributed by atoms with Crippen molar-refractivity contribution in [1.29, 1.82) is 0 Å². The van der Waals surface area contributed by atoms with Crippen molar-refractivity contribution >= 4 is 79.5 Å². The molecule has 0 radical (unpaired) electrons. The maximum atomic E-state index is 14.7. The van der Waals surface area contributed by atoms with E-state index in [0.29, 0.717) is 77.0 Å². The summed E-state index contributed by atoms with van der Waals surface area (Å²) >= 11 is 0. The summed E-state index contributed by atoms with van der Waals surface area (Å²) in [5.74, 6) is -24.0. The van der Waals surface area contributed by atoms with Gasteiger partial charge in [0.1, 0.15) is 46.2 Å². The molecule has 5 saturated carbocycles. The highest BCUT2D eigenvalue weighted by molar-refractivity contribution is 7.46. The van der Waals surface area contributed by atoms with Crippen molar-refractivity contribution < 1.29 is 149 Å². The van der Waals surface area contributed by atoms with Gasteiger partial charge in [-0.2, -0.15) is 0 Å². The molecule has 5 aliphatic carbocycles. The predicted octanol–water partition coefficient (Wildman–Crippen LogP) is 9.26. The highest BCUT2D eigenvalue weighted by Gasteiger charge is 2.48. The minimum atomic E-state index is -5.18. The number of aliphatic carboxylic acids is 3. The van der Waals surface area contributed by atoms with Gasteiger partial charge in [0, 0.05) is 12.8 Å². The van der Waals surface area contributed by atoms with E-state index in [1.807, 2.05) is 0 Å². The lowest BCUT2D eigenvalue weighted by atomic mass is 9.79. The molecule has 13 atom stereocenters. The van der Waals surface area contributed by atoms with Crippen LogP contribution in [0, 0.1) is 70.0 Å². The molecule has 0 bridgehead atoms. The second kappa shape index (κ2) is 49.1. The van der Waals surface area contributed by atoms with Crippen molar-refractivity contribution in [3.8, 4) is 0 Å². The fraction of sp³-hybridized carbons (Fsp3) is 0.842. The first-order chi connectivity index (χ1) is 51.7. The third-order valence-corrected chi connectivity index (χ3v) is 22.2. The average Bonchev–Trinajstić information content (AvgIpc) is 0.814. The standard InChI is InChI=1S/C76H121O31P/c1-3-5-7-9-11-13-15-37-63(79)98-40-51(39-77)106-73(92)61-35-25-23-33-59(61)71(90)100-46-75(43-78,47-101-72(91)60-34-24-26-36-62(60)74(93)107-52(42-105-108(94,95)96)41-99-64(80)38-16-14-12-10-8-6-4-2)44-97-45-76(48-102-68(87)56-30-20-17-27-53(56)65(81)82,49-103-69(88)57-31-21-18-28-54(57)66(83)84)50-104-70(89)58-32-22-19-29-55(58)67(85)86/h51-62,77-78H,3-50H2,1-2H3,(H,81,82)(H,83,84)(H,85,86)(H2,94,95,96). The van der Waals surface area contributed by atoms with Gasteiger partial charge in [-0.05, 0) is 77.0 Å². The summed E-state index contributed by atoms with van der Waals surface area (Å²) < 4.78 is 74.9. The number of carboxylic acid groups (broad SMARTS) is 3. The molecule has 0 heterocycles. The van der Waals surface area contributed by atoms with E-state index >= 15 is 0 Å². The first-order valence-corrected chi connectivity index (χ1v) is 41.0. The molecule has 108 heavy (non-hydrogen) atoms. The van der Waals surface area contributed by atoms with Crippen LogP contribution in [-0.2, 0) is 114 Å². The second-order valence-electron chi connectivity index (χ2n) is 30.4. The molecule has 0 spiro atoms. The highest BCUT2D eigenvalue weighted by Crippen LogP contribution is 2.40. The normalized spacial score (nSPS) is 24.1. The van der Waals surface area contributed by atoms with Crippen LogP contribution in [0.15, 0.2) is 0 Å². The average molecular weight is 1560 g/mol. The van der Waals surface area contributed by atoms with Crippen molar-refractivity contribution in [3.63, 3.8) is 0 Å². The minimum absolute atomic E-state index is 0.0118. The van der Waals surface area contributed by atoms with Gasteiger partial charge in [-0.3, -0.25) is 62.1 Å². The first kappa shape index (κ1) is 92.2. The van der Waals surface area contributed by atoms with E-state index in [2.05, 4.69) is 18.4 Å². The number of carboxylic acids is 3. The van der Waals surface area contributed by atoms with Crippen molar-refractivity contribution in [1.82, 2.24) is 0 Å². The van der Waals surface area contributed by atoms with E-state index in [4.69, 9.17) is 47.4 Å². The largest absolute Gasteiger partial charge is 0.481 e. The number of hydrogen-bond acceptors (Lipinski definition) is 26. The van der Waals surface area contributed by atoms with Crippen LogP contribution in [-0.4, -0.2) is 198 Å². The Labute approximate surface area is 632 Å². The van der Waals surface area contributed by atoms with Crippen LogP contribution in [0.3, 0.4) is 0 Å². The summed E-state index contributed by atoms with van der Waals surface area (Å²) in [6, 6.07) is 0. The SMILES string of the molecule is CCCCCCCCCC(=O)OCC(CO)OC(=O)C1CCCCC1C(=O)OCC(CO)(COCC(COC(=O)C1CCCCC1C(=O)O)(COC(=O)C1CCCCC1C(=O)O)COC(=O)C1CCCCC1C(=O)O)COC(=O)C1CCCCC1C(=O)OC(COC(=O)CCCCCCCCC)COP(=O)(O)O. The number of carbonyl (C=O) groups is 12. The van der Waals surface area contributed by atoms with Gasteiger partial charge in [0.05, 0.1) is 103 Å². The Kier molecular flexibility index (Phi) is 41.9. The van der Waals surface area contributed by atoms with Crippen LogP contribution in [0.1, 0.15) is 245 Å². The van der Waals surface area contributed by atoms with Gasteiger partial charge >= 0.3 is 79.5 Å². The summed E-state index contributed by atoms with van der Waals surface area (Å²) in [6.45, 7) is -5.63. The van der Waals surface area contributed by atoms with Crippen molar-refractivity contribution in [2.75, 3.05) is 79.3 Å². The molecule has 5 aliphatic rings. The molecule has 13 unspecified atom stereocenters. The zero-order valence-corrected chi connectivity index (χ0v) is 64.1. The lowest BCUT2D eigenvalue weighted by Gasteiger charge is -2.37. The van der Waals surface area contributed by atoms with E-state index in [1.54, 1.807) is 0 Å². The molecule has 0 saturated heterocycles. The number of esters is 9. The van der Waals surface area contributed by atoms with Gasteiger partial charge in [0.2, 0.25) is 0 Å². The number of unbranched alkanes of at least 4 members (excludes halogenated alkanes) is 12. The fourth-order valence-corrected chi connectivity index (χ4v) is 15.4. The van der Waals surface area contributed by atoms with Gasteiger partial charge in [-0.1, -0.05) is 155 Å². The lowest BCUT2D eigenvalue weighted by Crippen LogP contribution is -2.48. The van der Waals surface area contributed by atoms with Crippen LogP contribution >= 0.6 is 7.82 Å². The Morgan fingerprint density at radius 3 is 0.917 bits per heavy atom. The molecule has 0 aliphatic heterocycles. The van der Waals surface area contributed by atoms with Gasteiger partial charge < -0.3 is 82.7 Å². The number of aliphatic hydroxyl groups is 2. The van der Waals surface area contributed by atoms with Crippen LogP contribution in [0.2, 0.25) is 0 Å². The Bertz CT molecular complexity index is 2780. The van der Waals surface area contributed by atoms with E-state index < -0.39 is 241 Å². The molecule has 0 aromatic rings. The molecule has 32 heteroatoms. The van der Waals surface area contributed by atoms with Crippen molar-refractivity contribution in [3.05, 3.63) is 0 Å². The number of carbonyl (C=O) groups excluding carboxylic acids is 9. The van der Waals surface area contributed by atoms with E-state index in [0.717, 1.165) is 77.0 Å². The predicted molar refractivity (Wildman–Crippen MR) is 380 cm³/mol. The van der Waals surface area contributed by atoms with Gasteiger partial charge in [-0.15, -0.1) is 0 Å². The summed E-state index contributed by atoms with van der Waals surface area (Å²) in [5.41, 5.74) is -4.11. The summed E-state index contributed by atoms with van der Waals surface area (Å²) in [7, 11) is -5.18. The highest BCUT2D eigenvalue weighted by atomic mass is 31.2. The molecular weight excluding hydrogens is 1440 g/mol. The number of phosphoric ester groups is 1. The molecule has 5 fully saturated rings. The number of ether oxygens (including phenoxy) is 10. The first-order valence-electron chi connectivity index (χ1n) is 39.4. The molecule has 5 rings (SSSR count). The van der Waals surface area contributed by atoms with Crippen LogP contribution < -0.4 is 0 Å². The maximum Gasteiger partial charge on any atom is 0.469 e. The molecule has 0 aromatic carbocycles. The zero-order chi connectivity index (χ0) is 79.1. The number of aliphatic hydroxyl groups excluding tert-OH is 2. The Hall–Kier alpha value is -6.37. The summed E-state index contributed by atoms with van der Waals surface area (Å²) in [4.78, 5) is 183. The van der Waals surface area contributed by atoms with Crippen LogP contribution in [0.4, 0.5) is 0 Å². The summed E-state index contributed by atoms with van der Waals surface area (Å²) in [6.07, 6.45) is 15.8. The molecule has 7 N–H and O–H groups in total. The Morgan fingerprint density at radius 2 is 0.611 bits per heavy atom. The molecule has 0 amide bonds. The van der Waals surface area contributed by atoms with Crippen LogP contribution in [0.25, 0.3) is 0 Å². The van der Waals surface area contributed by atoms with Crippen molar-refractivity contribution in [2.24, 2.45) is 70.0 Å². The molecule has 616 valence electrons. The van der Waals surface area contributed by atoms with E-state index in [9.17, 15) is 97.4 Å². The molecular formula is C76H121O31P. The van der Waals surface area contributed by atoms with E-state index in [1.165, 1.54) is 0 Å². The third-order valence-electron chi connectivity index (χ3n) is 21.7. The third kappa shape index (κ3) is 32.1. The smallest absolute Gasteiger partial charge is 0.469 e. The Morgan fingerprint density at radius 1 is 0.343 bits per heavy atom. The monoisotopic (exact) mass is 1560 g/mol. The number of phosphoric acid groups is 1. The summed E-state index contributed by atoms with van der Waals surface area (Å²) in [5, 5.41) is 52.5. The van der Waals surface area contributed by atoms with Crippen molar-refractivity contribution in [2.45, 2.75) is 257 Å². The molecule has 0 aromatic heterocycles. The fourth-order valence-electron chi connectivity index (χ4n) is 15.1. The molecule has 31 nitrogen and oxygen atoms in total. The maximum absolute atomic E-state index is 14.7. The topological polar surface area (TPSA) is 465 Å². The minimum Gasteiger partial charge on any atom is -0.481 e. The zero-order valence-electron chi connectivity index (χ0n) is 63.2. The van der Waals surface area contributed by atoms with Gasteiger partial charge in [0.15, 0.2) is 12.2 Å². The second-order valence-corrected chi connectivity index (χ2v) is 31.6. The lowest BCUT2D eigenvalue weighted by molar-refractivity contribution is -0.185. The van der Waals surface area contributed by atoms with Gasteiger partial charge in [-0.25, -0.2) is 4.57 Å².